The van der Waals surface area contributed by atoms with Gasteiger partial charge in [0.2, 0.25) is 0 Å². The van der Waals surface area contributed by atoms with Crippen LogP contribution in [0.3, 0.4) is 0 Å². The summed E-state index contributed by atoms with van der Waals surface area (Å²) in [6, 6.07) is 6.75. The minimum Gasteiger partial charge on any atom is -0.293 e. The van der Waals surface area contributed by atoms with Crippen LogP contribution in [0.5, 0.6) is 0 Å². The molecular formula is C14H14N2O3. The van der Waals surface area contributed by atoms with E-state index in [2.05, 4.69) is 4.98 Å². The summed E-state index contributed by atoms with van der Waals surface area (Å²) in [5.41, 5.74) is 1.49. The van der Waals surface area contributed by atoms with Gasteiger partial charge in [-0.05, 0) is 19.4 Å². The number of hydrogen-bond acceptors (Lipinski definition) is 3. The smallest absolute Gasteiger partial charge is 0.293 e. The van der Waals surface area contributed by atoms with Crippen molar-refractivity contribution in [3.05, 3.63) is 68.0 Å². The molecule has 0 saturated heterocycles. The largest absolute Gasteiger partial charge is 0.328 e. The van der Waals surface area contributed by atoms with Gasteiger partial charge in [0.05, 0.1) is 6.54 Å². The molecule has 0 atom stereocenters. The molecule has 5 nitrogen and oxygen atoms in total. The Morgan fingerprint density at radius 2 is 1.95 bits per heavy atom. The van der Waals surface area contributed by atoms with Crippen LogP contribution in [-0.4, -0.2) is 15.3 Å². The van der Waals surface area contributed by atoms with Gasteiger partial charge in [-0.1, -0.05) is 23.8 Å². The number of ketones is 1. The summed E-state index contributed by atoms with van der Waals surface area (Å²) < 4.78 is 1.18. The van der Waals surface area contributed by atoms with E-state index in [-0.39, 0.29) is 12.3 Å². The Bertz CT molecular complexity index is 741. The third-order valence-corrected chi connectivity index (χ3v) is 2.89. The standard InChI is InChI=1S/C14H14N2O3/c1-9-3-4-11(10(2)7-9)12(17)8-16-6-5-13(18)15-14(16)19/h3-7H,8H2,1-2H3,(H,15,18,19). The van der Waals surface area contributed by atoms with Crippen molar-refractivity contribution in [1.29, 1.82) is 0 Å². The molecule has 0 unspecified atom stereocenters. The first-order valence-electron chi connectivity index (χ1n) is 5.87. The van der Waals surface area contributed by atoms with E-state index in [1.807, 2.05) is 26.0 Å². The molecule has 0 radical (unpaired) electrons. The summed E-state index contributed by atoms with van der Waals surface area (Å²) in [5, 5.41) is 0. The van der Waals surface area contributed by atoms with Crippen LogP contribution in [0.2, 0.25) is 0 Å². The summed E-state index contributed by atoms with van der Waals surface area (Å²) in [4.78, 5) is 36.7. The quantitative estimate of drug-likeness (QED) is 0.836. The Kier molecular flexibility index (Phi) is 3.46. The maximum absolute atomic E-state index is 12.1. The highest BCUT2D eigenvalue weighted by Crippen LogP contribution is 2.11. The number of H-pyrrole nitrogens is 1. The topological polar surface area (TPSA) is 71.9 Å². The zero-order valence-corrected chi connectivity index (χ0v) is 10.8. The number of rotatable bonds is 3. The van der Waals surface area contributed by atoms with Crippen molar-refractivity contribution in [2.24, 2.45) is 0 Å². The SMILES string of the molecule is Cc1ccc(C(=O)Cn2ccc(=O)[nH]c2=O)c(C)c1. The average molecular weight is 258 g/mol. The fraction of sp³-hybridized carbons (Fsp3) is 0.214. The Morgan fingerprint density at radius 1 is 1.21 bits per heavy atom. The molecule has 98 valence electrons. The van der Waals surface area contributed by atoms with Gasteiger partial charge in [-0.25, -0.2) is 4.79 Å². The van der Waals surface area contributed by atoms with E-state index in [1.165, 1.54) is 16.8 Å². The number of hydrogen-bond donors (Lipinski definition) is 1. The summed E-state index contributed by atoms with van der Waals surface area (Å²) >= 11 is 0. The highest BCUT2D eigenvalue weighted by atomic mass is 16.2. The molecule has 0 bridgehead atoms. The van der Waals surface area contributed by atoms with E-state index in [4.69, 9.17) is 0 Å². The predicted octanol–water partition coefficient (Wildman–Crippen LogP) is 1.04. The van der Waals surface area contributed by atoms with Gasteiger partial charge in [0.1, 0.15) is 0 Å². The third-order valence-electron chi connectivity index (χ3n) is 2.89. The van der Waals surface area contributed by atoms with Crippen LogP contribution in [0.1, 0.15) is 21.5 Å². The van der Waals surface area contributed by atoms with E-state index in [1.54, 1.807) is 6.07 Å². The molecule has 0 aliphatic carbocycles. The first-order chi connectivity index (χ1) is 8.97. The molecule has 0 fully saturated rings. The summed E-state index contributed by atoms with van der Waals surface area (Å²) in [6.45, 7) is 3.73. The van der Waals surface area contributed by atoms with Crippen molar-refractivity contribution in [2.45, 2.75) is 20.4 Å². The van der Waals surface area contributed by atoms with Crippen molar-refractivity contribution >= 4 is 5.78 Å². The Morgan fingerprint density at radius 3 is 2.58 bits per heavy atom. The molecule has 2 aromatic rings. The molecule has 0 aliphatic heterocycles. The number of carbonyl (C=O) groups is 1. The second-order valence-electron chi connectivity index (χ2n) is 4.48. The summed E-state index contributed by atoms with van der Waals surface area (Å²) in [5.74, 6) is -0.161. The van der Waals surface area contributed by atoms with Gasteiger partial charge in [-0.3, -0.25) is 19.1 Å². The highest BCUT2D eigenvalue weighted by Gasteiger charge is 2.10. The first-order valence-corrected chi connectivity index (χ1v) is 5.87. The number of Topliss-reactive ketones (excluding diaryl/α,β-unsaturated/α-hetero) is 1. The minimum absolute atomic E-state index is 0.0838. The second-order valence-corrected chi connectivity index (χ2v) is 4.48. The van der Waals surface area contributed by atoms with Gasteiger partial charge in [-0.2, -0.15) is 0 Å². The lowest BCUT2D eigenvalue weighted by atomic mass is 10.0. The van der Waals surface area contributed by atoms with E-state index in [9.17, 15) is 14.4 Å². The fourth-order valence-electron chi connectivity index (χ4n) is 1.94. The van der Waals surface area contributed by atoms with Gasteiger partial charge < -0.3 is 0 Å². The predicted molar refractivity (Wildman–Crippen MR) is 71.6 cm³/mol. The molecule has 19 heavy (non-hydrogen) atoms. The first kappa shape index (κ1) is 13.0. The van der Waals surface area contributed by atoms with Crippen molar-refractivity contribution < 1.29 is 4.79 Å². The van der Waals surface area contributed by atoms with Gasteiger partial charge in [0.25, 0.3) is 5.56 Å². The normalized spacial score (nSPS) is 10.4. The van der Waals surface area contributed by atoms with E-state index in [0.29, 0.717) is 5.56 Å². The van der Waals surface area contributed by atoms with Crippen LogP contribution in [-0.2, 0) is 6.54 Å². The fourth-order valence-corrected chi connectivity index (χ4v) is 1.94. The van der Waals surface area contributed by atoms with E-state index < -0.39 is 11.2 Å². The molecule has 1 aromatic heterocycles. The average Bonchev–Trinajstić information content (AvgIpc) is 2.32. The van der Waals surface area contributed by atoms with Gasteiger partial charge in [0, 0.05) is 17.8 Å². The Hall–Kier alpha value is -2.43. The lowest BCUT2D eigenvalue weighted by molar-refractivity contribution is 0.0969. The molecule has 0 aliphatic rings. The Balaban J connectivity index is 2.30. The number of benzene rings is 1. The van der Waals surface area contributed by atoms with Crippen LogP contribution in [0.4, 0.5) is 0 Å². The zero-order valence-electron chi connectivity index (χ0n) is 10.8. The molecule has 2 rings (SSSR count). The molecule has 0 saturated carbocycles. The van der Waals surface area contributed by atoms with Crippen molar-refractivity contribution in [2.75, 3.05) is 0 Å². The monoisotopic (exact) mass is 258 g/mol. The maximum atomic E-state index is 12.1. The molecule has 0 amide bonds. The minimum atomic E-state index is -0.578. The van der Waals surface area contributed by atoms with Crippen molar-refractivity contribution in [3.8, 4) is 0 Å². The van der Waals surface area contributed by atoms with E-state index in [0.717, 1.165) is 11.1 Å². The molecule has 1 heterocycles. The van der Waals surface area contributed by atoms with Crippen molar-refractivity contribution in [1.82, 2.24) is 9.55 Å². The molecular weight excluding hydrogens is 244 g/mol. The number of nitrogens with one attached hydrogen (secondary N) is 1. The summed E-state index contributed by atoms with van der Waals surface area (Å²) in [6.07, 6.45) is 1.32. The van der Waals surface area contributed by atoms with Gasteiger partial charge in [-0.15, -0.1) is 0 Å². The molecule has 5 heteroatoms. The Labute approximate surface area is 109 Å². The maximum Gasteiger partial charge on any atom is 0.328 e. The number of aryl methyl sites for hydroxylation is 2. The van der Waals surface area contributed by atoms with Crippen molar-refractivity contribution in [3.63, 3.8) is 0 Å². The molecule has 1 N–H and O–H groups in total. The van der Waals surface area contributed by atoms with Crippen LogP contribution in [0.15, 0.2) is 40.1 Å². The van der Waals surface area contributed by atoms with Crippen LogP contribution < -0.4 is 11.2 Å². The lowest BCUT2D eigenvalue weighted by Crippen LogP contribution is -2.31. The van der Waals surface area contributed by atoms with Gasteiger partial charge in [0.15, 0.2) is 5.78 Å². The van der Waals surface area contributed by atoms with E-state index >= 15 is 0 Å². The van der Waals surface area contributed by atoms with Gasteiger partial charge >= 0.3 is 5.69 Å². The van der Waals surface area contributed by atoms with Crippen LogP contribution >= 0.6 is 0 Å². The molecule has 1 aromatic carbocycles. The highest BCUT2D eigenvalue weighted by molar-refractivity contribution is 5.97. The number of aromatic nitrogens is 2. The number of aromatic amines is 1. The van der Waals surface area contributed by atoms with Crippen LogP contribution in [0.25, 0.3) is 0 Å². The third kappa shape index (κ3) is 2.88. The number of nitrogens with zero attached hydrogens (tertiary/aromatic N) is 1. The summed E-state index contributed by atoms with van der Waals surface area (Å²) in [7, 11) is 0. The number of carbonyl (C=O) groups excluding carboxylic acids is 1. The van der Waals surface area contributed by atoms with Crippen LogP contribution in [0, 0.1) is 13.8 Å². The second kappa shape index (κ2) is 5.06. The zero-order chi connectivity index (χ0) is 14.0. The molecule has 0 spiro atoms. The lowest BCUT2D eigenvalue weighted by Gasteiger charge is -2.07.